The summed E-state index contributed by atoms with van der Waals surface area (Å²) >= 11 is 0. The van der Waals surface area contributed by atoms with Crippen molar-refractivity contribution < 1.29 is 0 Å². The number of benzene rings is 3. The molecule has 1 nitrogen and oxygen atoms in total. The Morgan fingerprint density at radius 1 is 0.500 bits per heavy atom. The van der Waals surface area contributed by atoms with Gasteiger partial charge in [0.15, 0.2) is 0 Å². The predicted molar refractivity (Wildman–Crippen MR) is 95.0 cm³/mol. The van der Waals surface area contributed by atoms with E-state index in [1.165, 1.54) is 16.8 Å². The van der Waals surface area contributed by atoms with E-state index in [-0.39, 0.29) is 8.41 Å². The molecule has 0 aromatic heterocycles. The van der Waals surface area contributed by atoms with E-state index in [0.29, 0.717) is 0 Å². The van der Waals surface area contributed by atoms with E-state index >= 15 is 0 Å². The highest BCUT2D eigenvalue weighted by molar-refractivity contribution is 5.75. The first-order chi connectivity index (χ1) is 10.4. The summed E-state index contributed by atoms with van der Waals surface area (Å²) in [5.41, 5.74) is 3.92. The Morgan fingerprint density at radius 3 is 1.27 bits per heavy atom. The van der Waals surface area contributed by atoms with Gasteiger partial charge in [-0.3, -0.25) is 0 Å². The molecule has 0 fully saturated rings. The second kappa shape index (κ2) is 8.09. The fraction of sp³-hybridized carbons (Fsp3) is 0.100. The van der Waals surface area contributed by atoms with Crippen molar-refractivity contribution in [3.05, 3.63) is 102 Å². The van der Waals surface area contributed by atoms with E-state index in [9.17, 15) is 0 Å². The first kappa shape index (κ1) is 15.9. The van der Waals surface area contributed by atoms with Gasteiger partial charge in [0.2, 0.25) is 0 Å². The molecule has 0 aliphatic heterocycles. The van der Waals surface area contributed by atoms with Crippen LogP contribution in [-0.4, -0.2) is 8.41 Å². The van der Waals surface area contributed by atoms with E-state index in [4.69, 9.17) is 0 Å². The molecule has 0 aliphatic carbocycles. The number of nitrogens with zero attached hydrogens (tertiary/aromatic N) is 1. The van der Waals surface area contributed by atoms with Crippen LogP contribution in [0, 0.1) is 0 Å². The van der Waals surface area contributed by atoms with Gasteiger partial charge >= 0.3 is 0 Å². The van der Waals surface area contributed by atoms with Crippen molar-refractivity contribution >= 4 is 14.1 Å². The molecule has 107 valence electrons. The number of rotatable bonds is 5. The lowest BCUT2D eigenvalue weighted by Gasteiger charge is -2.25. The van der Waals surface area contributed by atoms with Gasteiger partial charge in [-0.2, -0.15) is 0 Å². The number of anilines is 1. The summed E-state index contributed by atoms with van der Waals surface area (Å²) in [5.74, 6) is 0. The first-order valence-electron chi connectivity index (χ1n) is 7.30. The number of hydrogen-bond donors (Lipinski definition) is 0. The van der Waals surface area contributed by atoms with Gasteiger partial charge in [0, 0.05) is 27.2 Å². The Hall–Kier alpha value is -2.48. The zero-order valence-electron chi connectivity index (χ0n) is 12.6. The van der Waals surface area contributed by atoms with Crippen LogP contribution in [0.25, 0.3) is 0 Å². The average Bonchev–Trinajstić information content (AvgIpc) is 2.57. The number of hydrogen-bond acceptors (Lipinski definition) is 1. The van der Waals surface area contributed by atoms with Gasteiger partial charge < -0.3 is 4.90 Å². The van der Waals surface area contributed by atoms with Crippen LogP contribution in [0.1, 0.15) is 11.1 Å². The molecule has 0 bridgehead atoms. The Labute approximate surface area is 134 Å². The van der Waals surface area contributed by atoms with Crippen LogP contribution >= 0.6 is 0 Å². The van der Waals surface area contributed by atoms with Crippen LogP contribution in [0.3, 0.4) is 0 Å². The molecular formula is C20H19BN. The standard InChI is InChI=1S/C20H19N.B/c1-4-10-18(11-5-1)16-21(20-14-8-3-9-15-20)17-19-12-6-2-7-13-19;/h1-15H,16-17H2;. The zero-order chi connectivity index (χ0) is 14.3. The molecular weight excluding hydrogens is 265 g/mol. The monoisotopic (exact) mass is 284 g/mol. The lowest BCUT2D eigenvalue weighted by molar-refractivity contribution is 0.800. The summed E-state index contributed by atoms with van der Waals surface area (Å²) in [5, 5.41) is 0. The highest BCUT2D eigenvalue weighted by atomic mass is 15.1. The molecule has 0 N–H and O–H groups in total. The summed E-state index contributed by atoms with van der Waals surface area (Å²) in [6.45, 7) is 1.83. The lowest BCUT2D eigenvalue weighted by atomic mass is 10.1. The highest BCUT2D eigenvalue weighted by Gasteiger charge is 2.07. The van der Waals surface area contributed by atoms with Crippen LogP contribution < -0.4 is 4.90 Å². The highest BCUT2D eigenvalue weighted by Crippen LogP contribution is 2.19. The maximum absolute atomic E-state index is 2.41. The molecule has 22 heavy (non-hydrogen) atoms. The van der Waals surface area contributed by atoms with E-state index < -0.39 is 0 Å². The fourth-order valence-electron chi connectivity index (χ4n) is 2.48. The molecule has 0 saturated heterocycles. The van der Waals surface area contributed by atoms with Crippen molar-refractivity contribution in [1.82, 2.24) is 0 Å². The molecule has 0 spiro atoms. The molecule has 0 saturated carbocycles. The Morgan fingerprint density at radius 2 is 0.864 bits per heavy atom. The second-order valence-corrected chi connectivity index (χ2v) is 5.16. The van der Waals surface area contributed by atoms with Crippen LogP contribution in [0.15, 0.2) is 91.0 Å². The van der Waals surface area contributed by atoms with Crippen molar-refractivity contribution in [2.75, 3.05) is 4.90 Å². The topological polar surface area (TPSA) is 3.24 Å². The van der Waals surface area contributed by atoms with E-state index in [1.807, 2.05) is 0 Å². The lowest BCUT2D eigenvalue weighted by Crippen LogP contribution is -2.21. The number of para-hydroxylation sites is 1. The molecule has 0 aliphatic rings. The SMILES string of the molecule is [B].c1ccc(CN(Cc2ccccc2)c2ccccc2)cc1. The predicted octanol–water partition coefficient (Wildman–Crippen LogP) is 4.51. The molecule has 3 aromatic rings. The smallest absolute Gasteiger partial charge is 0.0433 e. The van der Waals surface area contributed by atoms with Gasteiger partial charge in [-0.25, -0.2) is 0 Å². The first-order valence-corrected chi connectivity index (χ1v) is 7.30. The average molecular weight is 284 g/mol. The summed E-state index contributed by atoms with van der Waals surface area (Å²) < 4.78 is 0. The van der Waals surface area contributed by atoms with Crippen LogP contribution in [0.2, 0.25) is 0 Å². The fourth-order valence-corrected chi connectivity index (χ4v) is 2.48. The quantitative estimate of drug-likeness (QED) is 0.623. The Kier molecular flexibility index (Phi) is 5.85. The summed E-state index contributed by atoms with van der Waals surface area (Å²) in [6, 6.07) is 31.8. The summed E-state index contributed by atoms with van der Waals surface area (Å²) in [6.07, 6.45) is 0. The zero-order valence-corrected chi connectivity index (χ0v) is 12.6. The van der Waals surface area contributed by atoms with Gasteiger partial charge in [0.05, 0.1) is 0 Å². The normalized spacial score (nSPS) is 9.82. The minimum Gasteiger partial charge on any atom is -0.363 e. The van der Waals surface area contributed by atoms with Crippen molar-refractivity contribution in [2.24, 2.45) is 0 Å². The van der Waals surface area contributed by atoms with Gasteiger partial charge in [-0.1, -0.05) is 78.9 Å². The van der Waals surface area contributed by atoms with Crippen LogP contribution in [0.5, 0.6) is 0 Å². The minimum absolute atomic E-state index is 0. The molecule has 3 aromatic carbocycles. The van der Waals surface area contributed by atoms with Crippen molar-refractivity contribution in [1.29, 1.82) is 0 Å². The molecule has 0 unspecified atom stereocenters. The third-order valence-corrected chi connectivity index (χ3v) is 3.55. The maximum atomic E-state index is 2.41. The maximum Gasteiger partial charge on any atom is 0.0433 e. The third-order valence-electron chi connectivity index (χ3n) is 3.55. The summed E-state index contributed by atoms with van der Waals surface area (Å²) in [4.78, 5) is 2.41. The molecule has 3 rings (SSSR count). The van der Waals surface area contributed by atoms with E-state index in [1.54, 1.807) is 0 Å². The second-order valence-electron chi connectivity index (χ2n) is 5.16. The molecule has 0 heterocycles. The molecule has 2 heteroatoms. The minimum atomic E-state index is 0. The Balaban J connectivity index is 0.00000176. The molecule has 0 atom stereocenters. The molecule has 0 amide bonds. The van der Waals surface area contributed by atoms with Crippen LogP contribution in [-0.2, 0) is 13.1 Å². The van der Waals surface area contributed by atoms with Gasteiger partial charge in [0.1, 0.15) is 0 Å². The van der Waals surface area contributed by atoms with Gasteiger partial charge in [-0.15, -0.1) is 0 Å². The van der Waals surface area contributed by atoms with Crippen molar-refractivity contribution in [2.45, 2.75) is 13.1 Å². The van der Waals surface area contributed by atoms with Gasteiger partial charge in [-0.05, 0) is 23.3 Å². The van der Waals surface area contributed by atoms with Crippen molar-refractivity contribution in [3.8, 4) is 0 Å². The van der Waals surface area contributed by atoms with Gasteiger partial charge in [0.25, 0.3) is 0 Å². The third kappa shape index (κ3) is 4.26. The molecule has 3 radical (unpaired) electrons. The Bertz CT molecular complexity index is 612. The van der Waals surface area contributed by atoms with Crippen molar-refractivity contribution in [3.63, 3.8) is 0 Å². The summed E-state index contributed by atoms with van der Waals surface area (Å²) in [7, 11) is 0. The van der Waals surface area contributed by atoms with E-state index in [2.05, 4.69) is 95.9 Å². The largest absolute Gasteiger partial charge is 0.363 e. The van der Waals surface area contributed by atoms with Crippen LogP contribution in [0.4, 0.5) is 5.69 Å². The van der Waals surface area contributed by atoms with E-state index in [0.717, 1.165) is 13.1 Å².